The van der Waals surface area contributed by atoms with Gasteiger partial charge in [0, 0.05) is 6.54 Å². The van der Waals surface area contributed by atoms with E-state index in [2.05, 4.69) is 12.2 Å². The van der Waals surface area contributed by atoms with Crippen molar-refractivity contribution in [2.75, 3.05) is 13.7 Å². The van der Waals surface area contributed by atoms with Crippen LogP contribution >= 0.6 is 0 Å². The van der Waals surface area contributed by atoms with E-state index in [9.17, 15) is 9.59 Å². The molecule has 4 atom stereocenters. The molecular formula is C22H25NO3. The molecule has 3 aliphatic carbocycles. The van der Waals surface area contributed by atoms with Gasteiger partial charge in [0.2, 0.25) is 0 Å². The maximum atomic E-state index is 12.5. The van der Waals surface area contributed by atoms with Crippen molar-refractivity contribution in [3.05, 3.63) is 58.9 Å². The van der Waals surface area contributed by atoms with E-state index in [0.717, 1.165) is 12.2 Å². The molecule has 2 fully saturated rings. The molecule has 1 aromatic carbocycles. The van der Waals surface area contributed by atoms with Gasteiger partial charge in [-0.3, -0.25) is 14.5 Å². The molecule has 5 rings (SSSR count). The zero-order valence-electron chi connectivity index (χ0n) is 15.6. The fraction of sp³-hybridized carbons (Fsp3) is 0.455. The zero-order chi connectivity index (χ0) is 18.4. The molecule has 26 heavy (non-hydrogen) atoms. The normalized spacial score (nSPS) is 30.5. The van der Waals surface area contributed by atoms with E-state index in [1.165, 1.54) is 16.9 Å². The van der Waals surface area contributed by atoms with Gasteiger partial charge in [-0.05, 0) is 60.3 Å². The van der Waals surface area contributed by atoms with Crippen LogP contribution < -0.4 is 0 Å². The molecular weight excluding hydrogens is 326 g/mol. The summed E-state index contributed by atoms with van der Waals surface area (Å²) < 4.78 is 5.56. The fourth-order valence-electron chi connectivity index (χ4n) is 4.18. The molecule has 2 amide bonds. The predicted molar refractivity (Wildman–Crippen MR) is 99.5 cm³/mol. The van der Waals surface area contributed by atoms with E-state index < -0.39 is 0 Å². The van der Waals surface area contributed by atoms with Crippen LogP contribution in [0, 0.1) is 23.7 Å². The van der Waals surface area contributed by atoms with Gasteiger partial charge in [-0.25, -0.2) is 0 Å². The number of imide groups is 1. The van der Waals surface area contributed by atoms with E-state index in [4.69, 9.17) is 4.74 Å². The number of fused-ring (bicyclic) bond motifs is 2. The van der Waals surface area contributed by atoms with Crippen molar-refractivity contribution in [1.29, 1.82) is 0 Å². The lowest BCUT2D eigenvalue weighted by Crippen LogP contribution is -2.32. The summed E-state index contributed by atoms with van der Waals surface area (Å²) in [6, 6.07) is 7.09. The molecule has 4 heteroatoms. The maximum Gasteiger partial charge on any atom is 0.261 e. The van der Waals surface area contributed by atoms with Crippen LogP contribution in [0.1, 0.15) is 47.4 Å². The zero-order valence-corrected chi connectivity index (χ0v) is 15.6. The summed E-state index contributed by atoms with van der Waals surface area (Å²) in [6.45, 7) is 4.51. The first-order valence-electron chi connectivity index (χ1n) is 9.60. The van der Waals surface area contributed by atoms with Crippen molar-refractivity contribution >= 4 is 11.8 Å². The number of methoxy groups -OCH3 is 1. The number of ether oxygens (including phenoxy) is 1. The van der Waals surface area contributed by atoms with Gasteiger partial charge in [0.05, 0.1) is 18.2 Å². The van der Waals surface area contributed by atoms with Gasteiger partial charge in [-0.15, -0.1) is 0 Å². The summed E-state index contributed by atoms with van der Waals surface area (Å²) in [5.74, 6) is 2.82. The van der Waals surface area contributed by atoms with Crippen LogP contribution in [0.4, 0.5) is 0 Å². The van der Waals surface area contributed by atoms with Crippen LogP contribution in [-0.4, -0.2) is 30.4 Å². The van der Waals surface area contributed by atoms with Crippen molar-refractivity contribution < 1.29 is 14.3 Å². The van der Waals surface area contributed by atoms with E-state index in [-0.39, 0.29) is 11.8 Å². The molecule has 4 nitrogen and oxygen atoms in total. The molecule has 0 bridgehead atoms. The Bertz CT molecular complexity index is 787. The van der Waals surface area contributed by atoms with Crippen LogP contribution in [0.3, 0.4) is 0 Å². The van der Waals surface area contributed by atoms with Gasteiger partial charge in [-0.1, -0.05) is 32.1 Å². The second kappa shape index (κ2) is 6.42. The van der Waals surface area contributed by atoms with Crippen LogP contribution in [0.2, 0.25) is 0 Å². The van der Waals surface area contributed by atoms with Crippen molar-refractivity contribution in [3.63, 3.8) is 0 Å². The van der Waals surface area contributed by atoms with Crippen LogP contribution in [0.5, 0.6) is 0 Å². The largest absolute Gasteiger partial charge is 0.497 e. The highest BCUT2D eigenvalue weighted by molar-refractivity contribution is 6.21. The minimum atomic E-state index is -0.149. The molecule has 2 saturated carbocycles. The van der Waals surface area contributed by atoms with E-state index >= 15 is 0 Å². The summed E-state index contributed by atoms with van der Waals surface area (Å²) >= 11 is 0. The molecule has 136 valence electrons. The molecule has 1 heterocycles. The van der Waals surface area contributed by atoms with E-state index in [1.54, 1.807) is 19.2 Å². The van der Waals surface area contributed by atoms with Gasteiger partial charge in [0.25, 0.3) is 11.8 Å². The number of benzene rings is 1. The van der Waals surface area contributed by atoms with E-state index in [1.807, 2.05) is 26.0 Å². The molecule has 0 spiro atoms. The topological polar surface area (TPSA) is 46.6 Å². The molecule has 0 radical (unpaired) electrons. The van der Waals surface area contributed by atoms with Gasteiger partial charge in [0.1, 0.15) is 5.76 Å². The number of rotatable bonds is 4. The average molecular weight is 351 g/mol. The Morgan fingerprint density at radius 2 is 1.62 bits per heavy atom. The summed E-state index contributed by atoms with van der Waals surface area (Å²) in [5.41, 5.74) is 2.36. The predicted octanol–water partition coefficient (Wildman–Crippen LogP) is 4.05. The Hall–Kier alpha value is -2.36. The lowest BCUT2D eigenvalue weighted by Gasteiger charge is -2.17. The highest BCUT2D eigenvalue weighted by Gasteiger charge is 2.49. The first-order valence-corrected chi connectivity index (χ1v) is 9.60. The van der Waals surface area contributed by atoms with Crippen LogP contribution in [0.25, 0.3) is 0 Å². The van der Waals surface area contributed by atoms with Crippen molar-refractivity contribution in [2.45, 2.75) is 26.7 Å². The van der Waals surface area contributed by atoms with Gasteiger partial charge < -0.3 is 4.74 Å². The Kier molecular flexibility index (Phi) is 4.22. The number of allylic oxidation sites excluding steroid dienone is 3. The lowest BCUT2D eigenvalue weighted by molar-refractivity contribution is 0.0645. The van der Waals surface area contributed by atoms with Gasteiger partial charge >= 0.3 is 0 Å². The third kappa shape index (κ3) is 2.68. The monoisotopic (exact) mass is 351 g/mol. The van der Waals surface area contributed by atoms with Crippen molar-refractivity contribution in [2.24, 2.45) is 23.7 Å². The Morgan fingerprint density at radius 3 is 2.23 bits per heavy atom. The van der Waals surface area contributed by atoms with Crippen LogP contribution in [-0.2, 0) is 4.74 Å². The third-order valence-electron chi connectivity index (χ3n) is 5.77. The molecule has 4 aliphatic rings. The average Bonchev–Trinajstić information content (AvgIpc) is 3.59. The minimum Gasteiger partial charge on any atom is -0.497 e. The fourth-order valence-corrected chi connectivity index (χ4v) is 4.18. The quantitative estimate of drug-likeness (QED) is 0.769. The first-order chi connectivity index (χ1) is 12.7. The summed E-state index contributed by atoms with van der Waals surface area (Å²) in [4.78, 5) is 26.4. The summed E-state index contributed by atoms with van der Waals surface area (Å²) in [5, 5.41) is 0. The summed E-state index contributed by atoms with van der Waals surface area (Å²) in [7, 11) is 1.73. The van der Waals surface area contributed by atoms with Crippen molar-refractivity contribution in [3.8, 4) is 0 Å². The Balaban J connectivity index is 0.000000814. The Morgan fingerprint density at radius 1 is 1.00 bits per heavy atom. The second-order valence-electron chi connectivity index (χ2n) is 7.29. The third-order valence-corrected chi connectivity index (χ3v) is 5.77. The van der Waals surface area contributed by atoms with Gasteiger partial charge in [0.15, 0.2) is 0 Å². The minimum absolute atomic E-state index is 0.149. The lowest BCUT2D eigenvalue weighted by atomic mass is 9.99. The molecule has 4 unspecified atom stereocenters. The first kappa shape index (κ1) is 17.1. The SMILES string of the molecule is CC.COC1=CC2CC2C=C1C1CC1CN1C(=O)c2ccccc2C1=O. The number of hydrogen-bond donors (Lipinski definition) is 0. The number of hydrogen-bond acceptors (Lipinski definition) is 3. The number of carbonyl (C=O) groups excluding carboxylic acids is 2. The highest BCUT2D eigenvalue weighted by Crippen LogP contribution is 2.54. The smallest absolute Gasteiger partial charge is 0.261 e. The summed E-state index contributed by atoms with van der Waals surface area (Å²) in [6.07, 6.45) is 6.86. The standard InChI is InChI=1S/C20H19NO3.C2H6/c1-24-18-9-12-6-11(12)7-17(18)16-8-13(16)10-21-19(22)14-4-2-3-5-15(14)20(21)23;1-2/h2-5,7,9,11-13,16H,6,8,10H2,1H3;1-2H3. The number of amides is 2. The number of carbonyl (C=O) groups is 2. The molecule has 0 saturated heterocycles. The molecule has 1 aliphatic heterocycles. The molecule has 1 aromatic rings. The van der Waals surface area contributed by atoms with E-state index in [0.29, 0.717) is 41.3 Å². The Labute approximate surface area is 154 Å². The van der Waals surface area contributed by atoms with Crippen molar-refractivity contribution in [1.82, 2.24) is 4.90 Å². The molecule has 0 aromatic heterocycles. The van der Waals surface area contributed by atoms with Crippen LogP contribution in [0.15, 0.2) is 47.7 Å². The highest BCUT2D eigenvalue weighted by atomic mass is 16.5. The van der Waals surface area contributed by atoms with Gasteiger partial charge in [-0.2, -0.15) is 0 Å². The molecule has 0 N–H and O–H groups in total. The number of nitrogens with zero attached hydrogens (tertiary/aromatic N) is 1. The maximum absolute atomic E-state index is 12.5. The second-order valence-corrected chi connectivity index (χ2v) is 7.29.